The number of hydrogen-bond donors (Lipinski definition) is 0. The van der Waals surface area contributed by atoms with Gasteiger partial charge in [-0.3, -0.25) is 4.89 Å². The van der Waals surface area contributed by atoms with Crippen LogP contribution in [0.5, 0.6) is 0 Å². The van der Waals surface area contributed by atoms with Crippen molar-refractivity contribution in [3.8, 4) is 0 Å². The zero-order valence-electron chi connectivity index (χ0n) is 14.6. The summed E-state index contributed by atoms with van der Waals surface area (Å²) in [6, 6.07) is 1.30. The van der Waals surface area contributed by atoms with Gasteiger partial charge in [0.15, 0.2) is 0 Å². The van der Waals surface area contributed by atoms with Crippen LogP contribution in [0.15, 0.2) is 47.1 Å². The fourth-order valence-electron chi connectivity index (χ4n) is 1.37. The summed E-state index contributed by atoms with van der Waals surface area (Å²) in [7, 11) is -5.15. The molecule has 0 amide bonds. The molecule has 29 heavy (non-hydrogen) atoms. The van der Waals surface area contributed by atoms with Crippen molar-refractivity contribution < 1.29 is 96.9 Å². The Morgan fingerprint density at radius 1 is 0.828 bits per heavy atom. The first-order chi connectivity index (χ1) is 12.4. The van der Waals surface area contributed by atoms with Gasteiger partial charge in [0.2, 0.25) is 0 Å². The molecular formula is C12H6F11NaO4S. The average molecular weight is 478 g/mol. The van der Waals surface area contributed by atoms with E-state index in [2.05, 4.69) is 9.22 Å². The molecule has 0 saturated carbocycles. The first-order valence-corrected chi connectivity index (χ1v) is 7.72. The van der Waals surface area contributed by atoms with Gasteiger partial charge in [0.1, 0.15) is 0 Å². The number of allylic oxidation sites excluding steroid dienone is 1. The molecule has 1 rings (SSSR count). The minimum Gasteiger partial charge on any atom is -1.00 e. The topological polar surface area (TPSA) is 52.6 Å². The van der Waals surface area contributed by atoms with Crippen molar-refractivity contribution in [2.75, 3.05) is 0 Å². The first-order valence-electron chi connectivity index (χ1n) is 6.31. The third kappa shape index (κ3) is 5.34. The van der Waals surface area contributed by atoms with E-state index in [4.69, 9.17) is 0 Å². The molecule has 0 aliphatic heterocycles. The van der Waals surface area contributed by atoms with Crippen molar-refractivity contribution in [2.24, 2.45) is 0 Å². The van der Waals surface area contributed by atoms with Gasteiger partial charge in [-0.2, -0.15) is 56.7 Å². The second-order valence-electron chi connectivity index (χ2n) is 4.73. The van der Waals surface area contributed by atoms with Crippen LogP contribution in [0.25, 0.3) is 0 Å². The monoisotopic (exact) mass is 478 g/mol. The van der Waals surface area contributed by atoms with E-state index >= 15 is 0 Å². The molecule has 0 heterocycles. The summed E-state index contributed by atoms with van der Waals surface area (Å²) in [5.41, 5.74) is 0. The van der Waals surface area contributed by atoms with E-state index in [-0.39, 0.29) is 31.0 Å². The van der Waals surface area contributed by atoms with Crippen LogP contribution < -0.4 is 29.6 Å². The summed E-state index contributed by atoms with van der Waals surface area (Å²) in [5.74, 6) is -26.4. The van der Waals surface area contributed by atoms with Crippen molar-refractivity contribution in [3.63, 3.8) is 0 Å². The fraction of sp³-hybridized carbons (Fsp3) is 0.333. The molecule has 162 valence electrons. The summed E-state index contributed by atoms with van der Waals surface area (Å²) < 4.78 is 165. The molecule has 0 saturated heterocycles. The van der Waals surface area contributed by atoms with Crippen molar-refractivity contribution in [2.45, 2.75) is 28.8 Å². The van der Waals surface area contributed by atoms with E-state index in [0.717, 1.165) is 24.3 Å². The Morgan fingerprint density at radius 2 is 1.28 bits per heavy atom. The van der Waals surface area contributed by atoms with Crippen LogP contribution >= 0.6 is 0 Å². The van der Waals surface area contributed by atoms with Crippen LogP contribution in [0.1, 0.15) is 1.43 Å². The fourth-order valence-corrected chi connectivity index (χ4v) is 2.09. The maximum atomic E-state index is 13.1. The SMILES string of the molecule is O=S(=O)(OOC(F)=C(F)C(F)(F)C(F)(F)C(F)(F)C(F)(F)F)c1ccccc1.[H-].[Na+]. The summed E-state index contributed by atoms with van der Waals surface area (Å²) in [6.07, 6.45) is -7.27. The Labute approximate surface area is 178 Å². The summed E-state index contributed by atoms with van der Waals surface area (Å²) in [4.78, 5) is 2.08. The van der Waals surface area contributed by atoms with Gasteiger partial charge >= 0.3 is 69.6 Å². The van der Waals surface area contributed by atoms with Gasteiger partial charge in [0.05, 0.1) is 4.90 Å². The predicted molar refractivity (Wildman–Crippen MR) is 67.0 cm³/mol. The van der Waals surface area contributed by atoms with E-state index < -0.39 is 50.8 Å². The van der Waals surface area contributed by atoms with Crippen LogP contribution in [-0.2, 0) is 19.3 Å². The minimum absolute atomic E-state index is 0. The van der Waals surface area contributed by atoms with Gasteiger partial charge in [0.25, 0.3) is 5.83 Å². The molecule has 0 atom stereocenters. The molecule has 17 heteroatoms. The van der Waals surface area contributed by atoms with Crippen molar-refractivity contribution in [1.29, 1.82) is 0 Å². The Balaban J connectivity index is 0. The van der Waals surface area contributed by atoms with Crippen LogP contribution in [0.3, 0.4) is 0 Å². The normalized spacial score (nSPS) is 14.7. The third-order valence-corrected chi connectivity index (χ3v) is 3.92. The molecule has 1 aromatic rings. The Kier molecular flexibility index (Phi) is 8.61. The smallest absolute Gasteiger partial charge is 1.00 e. The zero-order chi connectivity index (χ0) is 22.2. The Bertz CT molecular complexity index is 843. The van der Waals surface area contributed by atoms with Crippen molar-refractivity contribution in [3.05, 3.63) is 42.2 Å². The summed E-state index contributed by atoms with van der Waals surface area (Å²) in [5, 5.41) is 0. The predicted octanol–water partition coefficient (Wildman–Crippen LogP) is 2.02. The standard InChI is InChI=1S/C12H5F11O4S.Na.H/c13-7(9(15,16)10(17,18)11(19,20)12(21,22)23)8(14)26-27-28(24,25)6-4-2-1-3-5-6;;/h1-5H;;/q;+1;-1. The third-order valence-electron chi connectivity index (χ3n) is 2.82. The molecule has 4 nitrogen and oxygen atoms in total. The van der Waals surface area contributed by atoms with Gasteiger partial charge in [-0.25, -0.2) is 0 Å². The molecular weight excluding hydrogens is 472 g/mol. The second kappa shape index (κ2) is 8.95. The Hall–Kier alpha value is -1.10. The van der Waals surface area contributed by atoms with Crippen LogP contribution in [0.4, 0.5) is 48.3 Å². The molecule has 0 aliphatic rings. The maximum Gasteiger partial charge on any atom is 1.00 e. The quantitative estimate of drug-likeness (QED) is 0.198. The van der Waals surface area contributed by atoms with E-state index in [9.17, 15) is 56.7 Å². The second-order valence-corrected chi connectivity index (χ2v) is 6.24. The van der Waals surface area contributed by atoms with Crippen LogP contribution in [0.2, 0.25) is 0 Å². The van der Waals surface area contributed by atoms with Gasteiger partial charge < -0.3 is 1.43 Å². The van der Waals surface area contributed by atoms with Crippen molar-refractivity contribution in [1.82, 2.24) is 0 Å². The number of benzene rings is 1. The van der Waals surface area contributed by atoms with Crippen molar-refractivity contribution >= 4 is 10.1 Å². The van der Waals surface area contributed by atoms with Gasteiger partial charge in [0, 0.05) is 0 Å². The molecule has 0 spiro atoms. The Morgan fingerprint density at radius 3 is 1.69 bits per heavy atom. The largest absolute Gasteiger partial charge is 1.00 e. The average Bonchev–Trinajstić information content (AvgIpc) is 2.58. The molecule has 0 aliphatic carbocycles. The molecule has 0 bridgehead atoms. The van der Waals surface area contributed by atoms with Gasteiger partial charge in [-0.05, 0) is 16.5 Å². The van der Waals surface area contributed by atoms with Gasteiger partial charge in [-0.15, -0.1) is 0 Å². The minimum atomic E-state index is -7.53. The summed E-state index contributed by atoms with van der Waals surface area (Å²) in [6.45, 7) is 0. The number of halogens is 11. The molecule has 0 fully saturated rings. The number of rotatable bonds is 7. The molecule has 1 aromatic carbocycles. The first kappa shape index (κ1) is 27.9. The number of hydrogen-bond acceptors (Lipinski definition) is 4. The van der Waals surface area contributed by atoms with E-state index in [0.29, 0.717) is 0 Å². The van der Waals surface area contributed by atoms with E-state index in [1.165, 1.54) is 6.07 Å². The molecule has 0 aromatic heterocycles. The summed E-state index contributed by atoms with van der Waals surface area (Å²) >= 11 is 0. The molecule has 0 unspecified atom stereocenters. The van der Waals surface area contributed by atoms with Crippen LogP contribution in [-0.4, -0.2) is 32.4 Å². The zero-order valence-corrected chi connectivity index (χ0v) is 16.4. The maximum absolute atomic E-state index is 13.1. The number of alkyl halides is 9. The molecule has 0 N–H and O–H groups in total. The van der Waals surface area contributed by atoms with Crippen LogP contribution in [0, 0.1) is 0 Å². The van der Waals surface area contributed by atoms with E-state index in [1.807, 2.05) is 0 Å². The molecule has 0 radical (unpaired) electrons. The van der Waals surface area contributed by atoms with Gasteiger partial charge in [-0.1, -0.05) is 18.2 Å². The van der Waals surface area contributed by atoms with E-state index in [1.54, 1.807) is 0 Å².